The zero-order chi connectivity index (χ0) is 28.7. The molecular formula is C30H33N3O6S. The Labute approximate surface area is 234 Å². The third-order valence-corrected chi connectivity index (χ3v) is 8.57. The highest BCUT2D eigenvalue weighted by molar-refractivity contribution is 7.90. The lowest BCUT2D eigenvalue weighted by atomic mass is 10.0. The molecule has 40 heavy (non-hydrogen) atoms. The number of hydrogen-bond donors (Lipinski definition) is 1. The van der Waals surface area contributed by atoms with E-state index in [4.69, 9.17) is 4.74 Å². The molecule has 3 aromatic rings. The minimum absolute atomic E-state index is 0.00373. The molecule has 0 saturated heterocycles. The van der Waals surface area contributed by atoms with Gasteiger partial charge in [0.25, 0.3) is 15.9 Å². The lowest BCUT2D eigenvalue weighted by Gasteiger charge is -2.32. The minimum atomic E-state index is -4.21. The van der Waals surface area contributed by atoms with Crippen molar-refractivity contribution in [2.24, 2.45) is 0 Å². The Hall–Kier alpha value is -4.18. The summed E-state index contributed by atoms with van der Waals surface area (Å²) >= 11 is 0. The van der Waals surface area contributed by atoms with Crippen LogP contribution in [0.3, 0.4) is 0 Å². The standard InChI is InChI=1S/C30H33N3O6S/c1-3-4-17-31-29(35)26(19-22-11-6-5-7-12-22)32(20-23-13-10-14-24(18-23)39-2)28(34)21-33-30(36)25-15-8-9-16-27(25)40(33,37)38/h5-16,18,26H,3-4,17,19-21H2,1-2H3,(H,31,35). The largest absolute Gasteiger partial charge is 0.497 e. The van der Waals surface area contributed by atoms with E-state index in [1.807, 2.05) is 37.3 Å². The second-order valence-electron chi connectivity index (χ2n) is 9.54. The van der Waals surface area contributed by atoms with Crippen LogP contribution in [0.2, 0.25) is 0 Å². The second kappa shape index (κ2) is 12.8. The van der Waals surface area contributed by atoms with E-state index in [-0.39, 0.29) is 29.3 Å². The molecule has 0 bridgehead atoms. The maximum absolute atomic E-state index is 14.0. The molecule has 210 valence electrons. The van der Waals surface area contributed by atoms with Crippen LogP contribution < -0.4 is 10.1 Å². The highest BCUT2D eigenvalue weighted by atomic mass is 32.2. The molecule has 0 radical (unpaired) electrons. The van der Waals surface area contributed by atoms with Gasteiger partial charge in [-0.2, -0.15) is 0 Å². The average molecular weight is 564 g/mol. The molecule has 10 heteroatoms. The van der Waals surface area contributed by atoms with Gasteiger partial charge >= 0.3 is 0 Å². The molecule has 0 aliphatic carbocycles. The molecule has 0 spiro atoms. The number of benzene rings is 3. The Morgan fingerprint density at radius 3 is 2.38 bits per heavy atom. The summed E-state index contributed by atoms with van der Waals surface area (Å²) in [5, 5.41) is 2.92. The number of ether oxygens (including phenoxy) is 1. The number of rotatable bonds is 12. The van der Waals surface area contributed by atoms with Gasteiger partial charge in [-0.15, -0.1) is 0 Å². The van der Waals surface area contributed by atoms with Crippen molar-refractivity contribution >= 4 is 27.7 Å². The smallest absolute Gasteiger partial charge is 0.269 e. The molecular weight excluding hydrogens is 530 g/mol. The monoisotopic (exact) mass is 563 g/mol. The van der Waals surface area contributed by atoms with Gasteiger partial charge in [0.1, 0.15) is 23.2 Å². The van der Waals surface area contributed by atoms with E-state index in [1.165, 1.54) is 30.2 Å². The van der Waals surface area contributed by atoms with Crippen molar-refractivity contribution < 1.29 is 27.5 Å². The fraction of sp³-hybridized carbons (Fsp3) is 0.300. The lowest BCUT2D eigenvalue weighted by molar-refractivity contribution is -0.141. The number of sulfonamides is 1. The molecule has 1 atom stereocenters. The van der Waals surface area contributed by atoms with Gasteiger partial charge in [0.05, 0.1) is 12.7 Å². The van der Waals surface area contributed by atoms with Gasteiger partial charge in [-0.25, -0.2) is 12.7 Å². The number of nitrogens with zero attached hydrogens (tertiary/aromatic N) is 2. The van der Waals surface area contributed by atoms with Gasteiger partial charge in [-0.1, -0.05) is 67.9 Å². The summed E-state index contributed by atoms with van der Waals surface area (Å²) in [4.78, 5) is 41.8. The first-order valence-corrected chi connectivity index (χ1v) is 14.6. The van der Waals surface area contributed by atoms with Crippen LogP contribution in [-0.4, -0.2) is 61.6 Å². The zero-order valence-corrected chi connectivity index (χ0v) is 23.4. The van der Waals surface area contributed by atoms with E-state index in [0.717, 1.165) is 18.4 Å². The first-order chi connectivity index (χ1) is 19.3. The number of amides is 3. The molecule has 3 aromatic carbocycles. The lowest BCUT2D eigenvalue weighted by Crippen LogP contribution is -2.53. The van der Waals surface area contributed by atoms with Crippen LogP contribution in [0.15, 0.2) is 83.8 Å². The number of nitrogens with one attached hydrogen (secondary N) is 1. The minimum Gasteiger partial charge on any atom is -0.497 e. The maximum atomic E-state index is 14.0. The van der Waals surface area contributed by atoms with Crippen molar-refractivity contribution in [3.63, 3.8) is 0 Å². The van der Waals surface area contributed by atoms with Gasteiger partial charge < -0.3 is 15.0 Å². The zero-order valence-electron chi connectivity index (χ0n) is 22.6. The van der Waals surface area contributed by atoms with Gasteiger partial charge in [-0.05, 0) is 41.8 Å². The van der Waals surface area contributed by atoms with Crippen LogP contribution in [0.1, 0.15) is 41.3 Å². The quantitative estimate of drug-likeness (QED) is 0.338. The van der Waals surface area contributed by atoms with E-state index in [9.17, 15) is 22.8 Å². The summed E-state index contributed by atoms with van der Waals surface area (Å²) in [7, 11) is -2.68. The topological polar surface area (TPSA) is 113 Å². The van der Waals surface area contributed by atoms with E-state index in [2.05, 4.69) is 5.32 Å². The molecule has 0 aromatic heterocycles. The number of carbonyl (C=O) groups excluding carboxylic acids is 3. The molecule has 1 N–H and O–H groups in total. The summed E-state index contributed by atoms with van der Waals surface area (Å²) in [6.07, 6.45) is 1.85. The van der Waals surface area contributed by atoms with Crippen molar-refractivity contribution in [3.8, 4) is 5.75 Å². The van der Waals surface area contributed by atoms with Gasteiger partial charge in [0, 0.05) is 19.5 Å². The Balaban J connectivity index is 1.70. The molecule has 3 amide bonds. The van der Waals surface area contributed by atoms with Crippen LogP contribution in [0.4, 0.5) is 0 Å². The van der Waals surface area contributed by atoms with Gasteiger partial charge in [0.2, 0.25) is 11.8 Å². The summed E-state index contributed by atoms with van der Waals surface area (Å²) in [6.45, 7) is 1.73. The Morgan fingerprint density at radius 2 is 1.68 bits per heavy atom. The summed E-state index contributed by atoms with van der Waals surface area (Å²) in [5.41, 5.74) is 1.54. The van der Waals surface area contributed by atoms with Gasteiger partial charge in [-0.3, -0.25) is 14.4 Å². The third-order valence-electron chi connectivity index (χ3n) is 6.78. The average Bonchev–Trinajstić information content (AvgIpc) is 3.16. The van der Waals surface area contributed by atoms with Crippen molar-refractivity contribution in [2.45, 2.75) is 43.7 Å². The number of fused-ring (bicyclic) bond motifs is 1. The van der Waals surface area contributed by atoms with Crippen LogP contribution in [-0.2, 0) is 32.6 Å². The normalized spacial score (nSPS) is 14.3. The summed E-state index contributed by atoms with van der Waals surface area (Å²) in [5.74, 6) is -1.21. The first-order valence-electron chi connectivity index (χ1n) is 13.2. The SMILES string of the molecule is CCCCNC(=O)C(Cc1ccccc1)N(Cc1cccc(OC)c1)C(=O)CN1C(=O)c2ccccc2S1(=O)=O. The number of unbranched alkanes of at least 4 members (excludes halogenated alkanes) is 1. The Morgan fingerprint density at radius 1 is 0.975 bits per heavy atom. The molecule has 4 rings (SSSR count). The molecule has 1 unspecified atom stereocenters. The maximum Gasteiger partial charge on any atom is 0.269 e. The van der Waals surface area contributed by atoms with E-state index < -0.39 is 34.4 Å². The van der Waals surface area contributed by atoms with Crippen LogP contribution in [0.25, 0.3) is 0 Å². The molecule has 1 heterocycles. The number of carbonyl (C=O) groups is 3. The third kappa shape index (κ3) is 6.34. The van der Waals surface area contributed by atoms with Crippen molar-refractivity contribution in [3.05, 3.63) is 95.6 Å². The Kier molecular flexibility index (Phi) is 9.21. The van der Waals surface area contributed by atoms with Crippen molar-refractivity contribution in [1.29, 1.82) is 0 Å². The van der Waals surface area contributed by atoms with Gasteiger partial charge in [0.15, 0.2) is 0 Å². The fourth-order valence-electron chi connectivity index (χ4n) is 4.63. The van der Waals surface area contributed by atoms with Crippen LogP contribution >= 0.6 is 0 Å². The fourth-order valence-corrected chi connectivity index (χ4v) is 6.15. The highest BCUT2D eigenvalue weighted by Crippen LogP contribution is 2.30. The number of hydrogen-bond acceptors (Lipinski definition) is 6. The summed E-state index contributed by atoms with van der Waals surface area (Å²) < 4.78 is 32.3. The molecule has 9 nitrogen and oxygen atoms in total. The van der Waals surface area contributed by atoms with Crippen molar-refractivity contribution in [1.82, 2.24) is 14.5 Å². The van der Waals surface area contributed by atoms with E-state index in [1.54, 1.807) is 30.3 Å². The predicted molar refractivity (Wildman–Crippen MR) is 150 cm³/mol. The predicted octanol–water partition coefficient (Wildman–Crippen LogP) is 3.40. The second-order valence-corrected chi connectivity index (χ2v) is 11.4. The van der Waals surface area contributed by atoms with E-state index >= 15 is 0 Å². The highest BCUT2D eigenvalue weighted by Gasteiger charge is 2.43. The summed E-state index contributed by atoms with van der Waals surface area (Å²) in [6, 6.07) is 21.3. The first kappa shape index (κ1) is 28.8. The Bertz CT molecular complexity index is 1480. The van der Waals surface area contributed by atoms with Crippen LogP contribution in [0.5, 0.6) is 5.75 Å². The van der Waals surface area contributed by atoms with Crippen LogP contribution in [0, 0.1) is 0 Å². The molecule has 1 aliphatic rings. The van der Waals surface area contributed by atoms with Crippen molar-refractivity contribution in [2.75, 3.05) is 20.2 Å². The molecule has 1 aliphatic heterocycles. The number of methoxy groups -OCH3 is 1. The molecule has 0 fully saturated rings. The molecule has 0 saturated carbocycles. The van der Waals surface area contributed by atoms with E-state index in [0.29, 0.717) is 22.2 Å².